The molecule has 34 heavy (non-hydrogen) atoms. The Labute approximate surface area is 196 Å². The molecule has 178 valence electrons. The summed E-state index contributed by atoms with van der Waals surface area (Å²) in [6.07, 6.45) is -2.41. The van der Waals surface area contributed by atoms with Gasteiger partial charge >= 0.3 is 6.18 Å². The lowest BCUT2D eigenvalue weighted by Gasteiger charge is -2.18. The molecule has 0 atom stereocenters. The molecule has 0 fully saturated rings. The Morgan fingerprint density at radius 2 is 1.82 bits per heavy atom. The van der Waals surface area contributed by atoms with Crippen molar-refractivity contribution < 1.29 is 22.8 Å². The molecule has 0 saturated heterocycles. The normalized spacial score (nSPS) is 11.2. The Morgan fingerprint density at radius 3 is 2.47 bits per heavy atom. The monoisotopic (exact) mass is 489 g/mol. The fraction of sp³-hybridized carbons (Fsp3) is 0.174. The van der Waals surface area contributed by atoms with E-state index in [1.807, 2.05) is 25.5 Å². The maximum atomic E-state index is 13.6. The van der Waals surface area contributed by atoms with Crippen molar-refractivity contribution >= 4 is 42.3 Å². The van der Waals surface area contributed by atoms with Gasteiger partial charge in [0.15, 0.2) is 0 Å². The highest BCUT2D eigenvalue weighted by molar-refractivity contribution is 7.64. The number of hydrogen-bond donors (Lipinski definition) is 3. The molecule has 0 radical (unpaired) electrons. The molecular formula is C23H23F3N5O2P. The fourth-order valence-electron chi connectivity index (χ4n) is 2.90. The van der Waals surface area contributed by atoms with E-state index < -0.39 is 25.6 Å². The van der Waals surface area contributed by atoms with Crippen LogP contribution in [-0.4, -0.2) is 35.8 Å². The van der Waals surface area contributed by atoms with Crippen LogP contribution in [0.3, 0.4) is 0 Å². The van der Waals surface area contributed by atoms with Gasteiger partial charge in [0.25, 0.3) is 5.91 Å². The van der Waals surface area contributed by atoms with Gasteiger partial charge < -0.3 is 10.6 Å². The maximum Gasteiger partial charge on any atom is 0.421 e. The number of hydrogen-bond acceptors (Lipinski definition) is 6. The number of nitrogens with zero attached hydrogens (tertiary/aromatic N) is 2. The zero-order valence-corrected chi connectivity index (χ0v) is 19.4. The second-order valence-corrected chi connectivity index (χ2v) is 9.49. The predicted octanol–water partition coefficient (Wildman–Crippen LogP) is 5.20. The van der Waals surface area contributed by atoms with Crippen LogP contribution in [0.2, 0.25) is 0 Å². The van der Waals surface area contributed by atoms with E-state index in [1.165, 1.54) is 18.2 Å². The Bertz CT molecular complexity index is 1150. The van der Waals surface area contributed by atoms with Crippen LogP contribution in [0.4, 0.5) is 36.3 Å². The molecule has 0 aliphatic carbocycles. The molecule has 1 amide bonds. The summed E-state index contributed by atoms with van der Waals surface area (Å²) in [7, 11) is -0.561. The molecule has 1 aromatic heterocycles. The third-order valence-corrected chi connectivity index (χ3v) is 5.86. The molecular weight excluding hydrogens is 466 g/mol. The third kappa shape index (κ3) is 6.52. The summed E-state index contributed by atoms with van der Waals surface area (Å²) in [5.74, 6) is -0.837. The van der Waals surface area contributed by atoms with E-state index in [-0.39, 0.29) is 18.4 Å². The van der Waals surface area contributed by atoms with Crippen LogP contribution in [0.15, 0.2) is 67.4 Å². The summed E-state index contributed by atoms with van der Waals surface area (Å²) in [5, 5.41) is 6.62. The van der Waals surface area contributed by atoms with Crippen LogP contribution in [0, 0.1) is 0 Å². The zero-order chi connectivity index (χ0) is 24.7. The third-order valence-electron chi connectivity index (χ3n) is 4.50. The van der Waals surface area contributed by atoms with Gasteiger partial charge in [0, 0.05) is 23.1 Å². The molecule has 2 aromatic carbocycles. The van der Waals surface area contributed by atoms with E-state index in [2.05, 4.69) is 32.7 Å². The summed E-state index contributed by atoms with van der Waals surface area (Å²) in [6.45, 7) is 7.68. The number of carbonyl (C=O) groups is 1. The summed E-state index contributed by atoms with van der Waals surface area (Å²) in [4.78, 5) is 24.8. The number of hydroxylamine groups is 1. The van der Waals surface area contributed by atoms with Gasteiger partial charge in [-0.1, -0.05) is 32.2 Å². The van der Waals surface area contributed by atoms with Crippen molar-refractivity contribution in [2.75, 3.05) is 30.6 Å². The highest BCUT2D eigenvalue weighted by Crippen LogP contribution is 2.36. The first-order valence-corrected chi connectivity index (χ1v) is 12.3. The topological polar surface area (TPSA) is 88.2 Å². The molecule has 1 heterocycles. The van der Waals surface area contributed by atoms with E-state index in [0.29, 0.717) is 16.9 Å². The Kier molecular flexibility index (Phi) is 8.20. The zero-order valence-electron chi connectivity index (χ0n) is 18.5. The van der Waals surface area contributed by atoms with Crippen LogP contribution >= 0.6 is 7.92 Å². The van der Waals surface area contributed by atoms with Crippen LogP contribution in [-0.2, 0) is 11.0 Å². The van der Waals surface area contributed by atoms with Crippen LogP contribution < -0.4 is 21.4 Å². The van der Waals surface area contributed by atoms with E-state index in [4.69, 9.17) is 4.84 Å². The minimum Gasteiger partial charge on any atom is -0.339 e. The lowest BCUT2D eigenvalue weighted by molar-refractivity contribution is -0.137. The van der Waals surface area contributed by atoms with Crippen molar-refractivity contribution in [3.8, 4) is 0 Å². The van der Waals surface area contributed by atoms with E-state index in [0.717, 1.165) is 11.5 Å². The number of aromatic nitrogens is 2. The number of rotatable bonds is 9. The number of amides is 1. The Hall–Kier alpha value is -3.49. The van der Waals surface area contributed by atoms with Crippen molar-refractivity contribution in [3.05, 3.63) is 78.5 Å². The SMILES string of the molecule is C=CCONC(=O)c1ccc(Nc2ncc(C(F)(F)F)c(Nc3ccccc3P(C)C)n2)cc1. The quantitative estimate of drug-likeness (QED) is 0.166. The smallest absolute Gasteiger partial charge is 0.339 e. The number of benzene rings is 2. The largest absolute Gasteiger partial charge is 0.421 e. The predicted molar refractivity (Wildman–Crippen MR) is 129 cm³/mol. The molecule has 0 aliphatic heterocycles. The fourth-order valence-corrected chi connectivity index (χ4v) is 3.90. The second-order valence-electron chi connectivity index (χ2n) is 7.22. The lowest BCUT2D eigenvalue weighted by Crippen LogP contribution is -2.23. The Morgan fingerprint density at radius 1 is 1.12 bits per heavy atom. The van der Waals surface area contributed by atoms with E-state index in [1.54, 1.807) is 24.3 Å². The van der Waals surface area contributed by atoms with E-state index >= 15 is 0 Å². The lowest BCUT2D eigenvalue weighted by atomic mass is 10.2. The van der Waals surface area contributed by atoms with Crippen LogP contribution in [0.25, 0.3) is 0 Å². The van der Waals surface area contributed by atoms with Gasteiger partial charge in [-0.25, -0.2) is 10.5 Å². The van der Waals surface area contributed by atoms with E-state index in [9.17, 15) is 18.0 Å². The van der Waals surface area contributed by atoms with Gasteiger partial charge in [-0.3, -0.25) is 9.63 Å². The average Bonchev–Trinajstić information content (AvgIpc) is 2.79. The second kappa shape index (κ2) is 11.1. The van der Waals surface area contributed by atoms with Crippen molar-refractivity contribution in [1.82, 2.24) is 15.4 Å². The van der Waals surface area contributed by atoms with Crippen LogP contribution in [0.1, 0.15) is 15.9 Å². The maximum absolute atomic E-state index is 13.6. The molecule has 0 bridgehead atoms. The molecule has 3 aromatic rings. The molecule has 11 heteroatoms. The first kappa shape index (κ1) is 25.1. The van der Waals surface area contributed by atoms with Gasteiger partial charge in [-0.15, -0.1) is 6.58 Å². The van der Waals surface area contributed by atoms with Crippen molar-refractivity contribution in [2.24, 2.45) is 0 Å². The summed E-state index contributed by atoms with van der Waals surface area (Å²) >= 11 is 0. The Balaban J connectivity index is 1.84. The molecule has 0 unspecified atom stereocenters. The van der Waals surface area contributed by atoms with Crippen molar-refractivity contribution in [2.45, 2.75) is 6.18 Å². The molecule has 3 N–H and O–H groups in total. The van der Waals surface area contributed by atoms with Gasteiger partial charge in [-0.05, 0) is 49.0 Å². The summed E-state index contributed by atoms with van der Waals surface area (Å²) < 4.78 is 40.8. The first-order chi connectivity index (χ1) is 16.2. The van der Waals surface area contributed by atoms with Gasteiger partial charge in [0.05, 0.1) is 6.61 Å². The summed E-state index contributed by atoms with van der Waals surface area (Å²) in [6, 6.07) is 13.4. The van der Waals surface area contributed by atoms with Crippen LogP contribution in [0.5, 0.6) is 0 Å². The molecule has 3 rings (SSSR count). The first-order valence-electron chi connectivity index (χ1n) is 10.1. The molecule has 0 saturated carbocycles. The summed E-state index contributed by atoms with van der Waals surface area (Å²) in [5.41, 5.74) is 2.66. The number of nitrogens with one attached hydrogen (secondary N) is 3. The van der Waals surface area contributed by atoms with Gasteiger partial charge in [0.2, 0.25) is 5.95 Å². The minimum atomic E-state index is -4.64. The molecule has 0 spiro atoms. The van der Waals surface area contributed by atoms with Gasteiger partial charge in [0.1, 0.15) is 11.4 Å². The van der Waals surface area contributed by atoms with Gasteiger partial charge in [-0.2, -0.15) is 18.2 Å². The minimum absolute atomic E-state index is 0.0326. The van der Waals surface area contributed by atoms with Crippen molar-refractivity contribution in [3.63, 3.8) is 0 Å². The average molecular weight is 489 g/mol. The highest BCUT2D eigenvalue weighted by atomic mass is 31.1. The number of anilines is 4. The number of para-hydroxylation sites is 1. The molecule has 0 aliphatic rings. The molecule has 7 nitrogen and oxygen atoms in total. The van der Waals surface area contributed by atoms with Crippen molar-refractivity contribution in [1.29, 1.82) is 0 Å². The number of alkyl halides is 3. The highest BCUT2D eigenvalue weighted by Gasteiger charge is 2.35. The number of halogens is 3. The number of carbonyl (C=O) groups excluding carboxylic acids is 1. The standard InChI is InChI=1S/C23H23F3N5O2P/c1-4-13-33-31-21(32)15-9-11-16(12-10-15)28-22-27-14-17(23(24,25)26)20(30-22)29-18-7-5-6-8-19(18)34(2)3/h4-12,14H,1,13H2,2-3H3,(H,31,32)(H2,27,28,29,30).